The molecular weight excluding hydrogens is 164 g/mol. The minimum absolute atomic E-state index is 0.337. The Kier molecular flexibility index (Phi) is 2.63. The van der Waals surface area contributed by atoms with Crippen LogP contribution in [-0.4, -0.2) is 58.1 Å². The Hall–Kier alpha value is -0.690. The Morgan fingerprint density at radius 2 is 2.17 bits per heavy atom. The molecule has 3 atom stereocenters. The number of nitrogens with zero attached hydrogens (tertiary/aromatic N) is 1. The van der Waals surface area contributed by atoms with Crippen molar-refractivity contribution in [2.24, 2.45) is 0 Å². The van der Waals surface area contributed by atoms with E-state index in [0.717, 1.165) is 5.01 Å². The monoisotopic (exact) mass is 176 g/mol. The quantitative estimate of drug-likeness (QED) is 0.343. The van der Waals surface area contributed by atoms with Crippen LogP contribution < -0.4 is 5.43 Å². The molecule has 0 aromatic carbocycles. The second-order valence-electron chi connectivity index (χ2n) is 2.75. The molecular formula is C6H12N2O4. The molecule has 70 valence electrons. The van der Waals surface area contributed by atoms with Crippen LogP contribution in [0.5, 0.6) is 0 Å². The van der Waals surface area contributed by atoms with Crippen molar-refractivity contribution in [1.82, 2.24) is 10.4 Å². The normalized spacial score (nSPS) is 37.2. The summed E-state index contributed by atoms with van der Waals surface area (Å²) in [5.74, 6) is -0.604. The van der Waals surface area contributed by atoms with Crippen LogP contribution in [0.3, 0.4) is 0 Å². The van der Waals surface area contributed by atoms with E-state index >= 15 is 0 Å². The molecule has 1 aliphatic heterocycles. The van der Waals surface area contributed by atoms with E-state index in [4.69, 9.17) is 10.2 Å². The van der Waals surface area contributed by atoms with Gasteiger partial charge in [0.1, 0.15) is 6.10 Å². The third-order valence-corrected chi connectivity index (χ3v) is 1.88. The number of amides is 1. The van der Waals surface area contributed by atoms with Gasteiger partial charge in [0, 0.05) is 7.05 Å². The summed E-state index contributed by atoms with van der Waals surface area (Å²) in [5, 5.41) is 28.1. The van der Waals surface area contributed by atoms with Gasteiger partial charge in [0.25, 0.3) is 5.91 Å². The zero-order chi connectivity index (χ0) is 9.30. The third-order valence-electron chi connectivity index (χ3n) is 1.88. The molecule has 1 rings (SSSR count). The maximum absolute atomic E-state index is 11.0. The van der Waals surface area contributed by atoms with Gasteiger partial charge in [-0.15, -0.1) is 0 Å². The molecule has 1 heterocycles. The fourth-order valence-electron chi connectivity index (χ4n) is 1.10. The molecule has 0 aromatic rings. The van der Waals surface area contributed by atoms with Gasteiger partial charge < -0.3 is 15.3 Å². The van der Waals surface area contributed by atoms with Crippen molar-refractivity contribution in [3.63, 3.8) is 0 Å². The summed E-state index contributed by atoms with van der Waals surface area (Å²) in [6, 6.07) is -0.692. The van der Waals surface area contributed by atoms with Crippen LogP contribution in [0.1, 0.15) is 0 Å². The number of carbonyl (C=O) groups is 1. The molecule has 0 spiro atoms. The largest absolute Gasteiger partial charge is 0.395 e. The number of nitrogens with one attached hydrogen (secondary N) is 1. The number of likely N-dealkylation sites (N-methyl/N-ethyl adjacent to an activating group) is 1. The first kappa shape index (κ1) is 9.40. The number of hydrazine groups is 1. The number of carbonyl (C=O) groups excluding carboxylic acids is 1. The number of hydrogen-bond donors (Lipinski definition) is 4. The van der Waals surface area contributed by atoms with E-state index < -0.39 is 24.2 Å². The lowest BCUT2D eigenvalue weighted by molar-refractivity contribution is -0.162. The molecule has 0 aromatic heterocycles. The van der Waals surface area contributed by atoms with Gasteiger partial charge in [0.05, 0.1) is 12.6 Å². The highest BCUT2D eigenvalue weighted by molar-refractivity contribution is 5.81. The number of hydrogen-bond acceptors (Lipinski definition) is 5. The van der Waals surface area contributed by atoms with Crippen LogP contribution in [0.2, 0.25) is 0 Å². The van der Waals surface area contributed by atoms with Gasteiger partial charge in [0.2, 0.25) is 0 Å². The molecule has 1 fully saturated rings. The molecule has 0 bridgehead atoms. The Bertz CT molecular complexity index is 186. The molecule has 6 heteroatoms. The lowest BCUT2D eigenvalue weighted by Gasteiger charge is -2.36. The number of rotatable bonds is 1. The minimum Gasteiger partial charge on any atom is -0.395 e. The summed E-state index contributed by atoms with van der Waals surface area (Å²) in [7, 11) is 1.42. The minimum atomic E-state index is -1.45. The average molecular weight is 176 g/mol. The fraction of sp³-hybridized carbons (Fsp3) is 0.833. The predicted octanol–water partition coefficient (Wildman–Crippen LogP) is -2.95. The summed E-state index contributed by atoms with van der Waals surface area (Å²) in [5.41, 5.74) is 2.52. The zero-order valence-corrected chi connectivity index (χ0v) is 6.64. The fourth-order valence-corrected chi connectivity index (χ4v) is 1.10. The highest BCUT2D eigenvalue weighted by atomic mass is 16.3. The number of aliphatic hydroxyl groups excluding tert-OH is 3. The maximum Gasteiger partial charge on any atom is 0.268 e. The van der Waals surface area contributed by atoms with Gasteiger partial charge in [-0.25, -0.2) is 5.43 Å². The smallest absolute Gasteiger partial charge is 0.268 e. The molecule has 1 aliphatic rings. The highest BCUT2D eigenvalue weighted by Crippen LogP contribution is 2.08. The van der Waals surface area contributed by atoms with Crippen LogP contribution >= 0.6 is 0 Å². The van der Waals surface area contributed by atoms with Crippen molar-refractivity contribution in [3.8, 4) is 0 Å². The molecule has 6 nitrogen and oxygen atoms in total. The Balaban J connectivity index is 2.70. The highest BCUT2D eigenvalue weighted by Gasteiger charge is 2.38. The molecule has 0 saturated carbocycles. The van der Waals surface area contributed by atoms with Crippen molar-refractivity contribution in [3.05, 3.63) is 0 Å². The molecule has 1 saturated heterocycles. The summed E-state index contributed by atoms with van der Waals surface area (Å²) >= 11 is 0. The van der Waals surface area contributed by atoms with E-state index in [1.54, 1.807) is 0 Å². The first-order valence-electron chi connectivity index (χ1n) is 3.58. The van der Waals surface area contributed by atoms with Gasteiger partial charge in [-0.05, 0) is 0 Å². The van der Waals surface area contributed by atoms with Gasteiger partial charge in [-0.2, -0.15) is 0 Å². The SMILES string of the molecule is CN1N[C@H](CO)[C@@H](O)[C@H](O)C1=O. The first-order valence-corrected chi connectivity index (χ1v) is 3.58. The topological polar surface area (TPSA) is 93.0 Å². The summed E-state index contributed by atoms with van der Waals surface area (Å²) in [6.45, 7) is -0.337. The second kappa shape index (κ2) is 3.36. The molecule has 12 heavy (non-hydrogen) atoms. The molecule has 0 radical (unpaired) electrons. The lowest BCUT2D eigenvalue weighted by Crippen LogP contribution is -2.65. The molecule has 4 N–H and O–H groups in total. The average Bonchev–Trinajstić information content (AvgIpc) is 2.08. The Morgan fingerprint density at radius 3 is 2.67 bits per heavy atom. The Labute approximate surface area is 69.4 Å². The summed E-state index contributed by atoms with van der Waals surface area (Å²) in [4.78, 5) is 11.0. The van der Waals surface area contributed by atoms with Crippen molar-refractivity contribution in [2.45, 2.75) is 18.2 Å². The first-order chi connectivity index (χ1) is 5.57. The zero-order valence-electron chi connectivity index (χ0n) is 6.64. The maximum atomic E-state index is 11.0. The van der Waals surface area contributed by atoms with Crippen LogP contribution in [0.25, 0.3) is 0 Å². The van der Waals surface area contributed by atoms with Crippen molar-refractivity contribution < 1.29 is 20.1 Å². The van der Waals surface area contributed by atoms with Crippen LogP contribution in [0.15, 0.2) is 0 Å². The van der Waals surface area contributed by atoms with Crippen molar-refractivity contribution in [2.75, 3.05) is 13.7 Å². The molecule has 0 unspecified atom stereocenters. The second-order valence-corrected chi connectivity index (χ2v) is 2.75. The number of aliphatic hydroxyl groups is 3. The standard InChI is InChI=1S/C6H12N2O4/c1-8-6(12)5(11)4(10)3(2-9)7-8/h3-5,7,9-11H,2H2,1H3/t3-,4-,5+/m1/s1. The van der Waals surface area contributed by atoms with E-state index in [9.17, 15) is 9.90 Å². The van der Waals surface area contributed by atoms with E-state index in [1.165, 1.54) is 7.05 Å². The van der Waals surface area contributed by atoms with Gasteiger partial charge in [0.15, 0.2) is 6.10 Å². The van der Waals surface area contributed by atoms with Crippen LogP contribution in [0.4, 0.5) is 0 Å². The van der Waals surface area contributed by atoms with E-state index in [0.29, 0.717) is 0 Å². The lowest BCUT2D eigenvalue weighted by atomic mass is 10.0. The van der Waals surface area contributed by atoms with Crippen LogP contribution in [-0.2, 0) is 4.79 Å². The van der Waals surface area contributed by atoms with E-state index in [-0.39, 0.29) is 6.61 Å². The van der Waals surface area contributed by atoms with Gasteiger partial charge in [-0.3, -0.25) is 9.80 Å². The molecule has 1 amide bonds. The third kappa shape index (κ3) is 1.42. The predicted molar refractivity (Wildman–Crippen MR) is 38.8 cm³/mol. The molecule has 0 aliphatic carbocycles. The van der Waals surface area contributed by atoms with Crippen molar-refractivity contribution in [1.29, 1.82) is 0 Å². The van der Waals surface area contributed by atoms with Gasteiger partial charge in [-0.1, -0.05) is 0 Å². The van der Waals surface area contributed by atoms with E-state index in [1.807, 2.05) is 0 Å². The summed E-state index contributed by atoms with van der Waals surface area (Å²) in [6.07, 6.45) is -2.70. The summed E-state index contributed by atoms with van der Waals surface area (Å²) < 4.78 is 0. The van der Waals surface area contributed by atoms with Gasteiger partial charge >= 0.3 is 0 Å². The van der Waals surface area contributed by atoms with E-state index in [2.05, 4.69) is 5.43 Å². The Morgan fingerprint density at radius 1 is 1.58 bits per heavy atom. The van der Waals surface area contributed by atoms with Crippen molar-refractivity contribution >= 4 is 5.91 Å². The van der Waals surface area contributed by atoms with Crippen LogP contribution in [0, 0.1) is 0 Å².